The van der Waals surface area contributed by atoms with E-state index in [1.54, 1.807) is 0 Å². The molecule has 23 heavy (non-hydrogen) atoms. The van der Waals surface area contributed by atoms with E-state index >= 15 is 0 Å². The molecule has 1 radical (unpaired) electrons. The number of aliphatic carboxylic acids is 4. The van der Waals surface area contributed by atoms with Crippen molar-refractivity contribution in [2.75, 3.05) is 0 Å². The normalized spacial score (nSPS) is 14.8. The molecule has 11 heteroatoms. The molecule has 0 fully saturated rings. The first-order valence-corrected chi connectivity index (χ1v) is 5.87. The molecule has 131 valence electrons. The number of hydrogen-bond acceptors (Lipinski definition) is 6. The largest absolute Gasteiger partial charge is 0.483 e. The van der Waals surface area contributed by atoms with Crippen LogP contribution in [0.2, 0.25) is 0 Å². The zero-order valence-corrected chi connectivity index (χ0v) is 15.2. The zero-order valence-electron chi connectivity index (χ0n) is 12.4. The molecule has 0 aliphatic carbocycles. The Morgan fingerprint density at radius 1 is 0.652 bits per heavy atom. The summed E-state index contributed by atoms with van der Waals surface area (Å²) in [6.07, 6.45) is -1.47. The van der Waals surface area contributed by atoms with E-state index in [4.69, 9.17) is 30.6 Å². The quantitative estimate of drug-likeness (QED) is 0.262. The van der Waals surface area contributed by atoms with Gasteiger partial charge in [-0.25, -0.2) is 9.59 Å². The molecule has 0 heterocycles. The molecule has 10 nitrogen and oxygen atoms in total. The average Bonchev–Trinajstić information content (AvgIpc) is 2.39. The van der Waals surface area contributed by atoms with E-state index in [1.807, 2.05) is 0 Å². The smallest absolute Gasteiger partial charge is 0.330 e. The summed E-state index contributed by atoms with van der Waals surface area (Å²) in [5.41, 5.74) is 0. The molecule has 0 amide bonds. The van der Waals surface area contributed by atoms with E-state index in [2.05, 4.69) is 0 Å². The molecule has 0 saturated heterocycles. The number of hydrogen-bond donors (Lipinski definition) is 6. The van der Waals surface area contributed by atoms with Gasteiger partial charge in [-0.05, 0) is 11.8 Å². The first kappa shape index (κ1) is 26.8. The van der Waals surface area contributed by atoms with Gasteiger partial charge in [-0.2, -0.15) is 13.8 Å². The molecule has 0 rings (SSSR count). The predicted octanol–water partition coefficient (Wildman–Crippen LogP) is -1.29. The Labute approximate surface area is 157 Å². The van der Waals surface area contributed by atoms with Gasteiger partial charge in [-0.1, -0.05) is 0 Å². The molecule has 4 unspecified atom stereocenters. The Morgan fingerprint density at radius 2 is 0.870 bits per heavy atom. The molecule has 0 aromatic heterocycles. The van der Waals surface area contributed by atoms with Crippen LogP contribution in [0.25, 0.3) is 0 Å². The van der Waals surface area contributed by atoms with Crippen LogP contribution < -0.4 is 0 Å². The van der Waals surface area contributed by atoms with Gasteiger partial charge in [0, 0.05) is 32.7 Å². The maximum absolute atomic E-state index is 10.2. The second-order valence-corrected chi connectivity index (χ2v) is 3.96. The Kier molecular flexibility index (Phi) is 15.5. The minimum Gasteiger partial charge on any atom is -0.483 e. The van der Waals surface area contributed by atoms with E-state index in [-0.39, 0.29) is 32.7 Å². The Morgan fingerprint density at radius 3 is 0.913 bits per heavy atom. The fraction of sp³-hybridized carbons (Fsp3) is 0.500. The van der Waals surface area contributed by atoms with Gasteiger partial charge in [0.1, 0.15) is 12.2 Å². The summed E-state index contributed by atoms with van der Waals surface area (Å²) in [7, 11) is 0. The minimum absolute atomic E-state index is 0. The van der Waals surface area contributed by atoms with E-state index in [9.17, 15) is 19.2 Å². The SMILES string of the molecule is C[CH-]C(C(=O)O)C(O)C(=O)O.C[CH-]C(C(=O)O)C(O)C(=O)O.[Y]. The van der Waals surface area contributed by atoms with Crippen molar-refractivity contribution in [3.63, 3.8) is 0 Å². The summed E-state index contributed by atoms with van der Waals surface area (Å²) in [6, 6.07) is 0. The van der Waals surface area contributed by atoms with Crippen molar-refractivity contribution >= 4 is 23.9 Å². The number of aliphatic hydroxyl groups is 2. The van der Waals surface area contributed by atoms with Crippen LogP contribution in [0.1, 0.15) is 13.8 Å². The van der Waals surface area contributed by atoms with Crippen molar-refractivity contribution in [3.8, 4) is 0 Å². The summed E-state index contributed by atoms with van der Waals surface area (Å²) in [5, 5.41) is 50.6. The molecule has 0 aliphatic heterocycles. The molecule has 0 aromatic carbocycles. The van der Waals surface area contributed by atoms with Gasteiger partial charge in [0.05, 0.1) is 0 Å². The topological polar surface area (TPSA) is 190 Å². The first-order valence-electron chi connectivity index (χ1n) is 5.87. The van der Waals surface area contributed by atoms with E-state index in [0.29, 0.717) is 0 Å². The van der Waals surface area contributed by atoms with Crippen molar-refractivity contribution in [2.45, 2.75) is 26.1 Å². The Hall–Kier alpha value is -1.10. The van der Waals surface area contributed by atoms with Crippen LogP contribution in [-0.4, -0.2) is 66.7 Å². The molecule has 4 atom stereocenters. The van der Waals surface area contributed by atoms with Crippen LogP contribution in [-0.2, 0) is 51.9 Å². The van der Waals surface area contributed by atoms with Crippen LogP contribution >= 0.6 is 0 Å². The van der Waals surface area contributed by atoms with Crippen molar-refractivity contribution in [1.82, 2.24) is 0 Å². The van der Waals surface area contributed by atoms with Crippen molar-refractivity contribution in [2.24, 2.45) is 11.8 Å². The van der Waals surface area contributed by atoms with E-state index in [0.717, 1.165) is 12.8 Å². The Balaban J connectivity index is -0.000000333. The third-order valence-electron chi connectivity index (χ3n) is 2.47. The number of carbonyl (C=O) groups is 4. The van der Waals surface area contributed by atoms with Crippen LogP contribution in [0.4, 0.5) is 0 Å². The molecular formula is C12H18O10Y-2. The monoisotopic (exact) mass is 411 g/mol. The second kappa shape index (κ2) is 13.4. The number of carboxylic acid groups (broad SMARTS) is 4. The molecule has 6 N–H and O–H groups in total. The van der Waals surface area contributed by atoms with Crippen LogP contribution in [0, 0.1) is 24.7 Å². The molecule has 0 bridgehead atoms. The fourth-order valence-corrected chi connectivity index (χ4v) is 1.23. The summed E-state index contributed by atoms with van der Waals surface area (Å²) >= 11 is 0. The summed E-state index contributed by atoms with van der Waals surface area (Å²) < 4.78 is 0. The third kappa shape index (κ3) is 10.3. The fourth-order valence-electron chi connectivity index (χ4n) is 1.23. The number of aliphatic hydroxyl groups excluding tert-OH is 2. The van der Waals surface area contributed by atoms with Gasteiger partial charge < -0.3 is 43.5 Å². The summed E-state index contributed by atoms with van der Waals surface area (Å²) in [4.78, 5) is 40.6. The van der Waals surface area contributed by atoms with E-state index < -0.39 is 47.9 Å². The van der Waals surface area contributed by atoms with Crippen molar-refractivity contribution in [1.29, 1.82) is 0 Å². The molecule has 0 aliphatic rings. The standard InChI is InChI=1S/2C6H9O5.Y/c2*1-2-3(5(8)9)4(7)6(10)11;/h2*2-4,7H,1H3,(H,8,9)(H,10,11);/q2*-1;. The predicted molar refractivity (Wildman–Crippen MR) is 69.5 cm³/mol. The first-order chi connectivity index (χ1) is 10.0. The average molecular weight is 411 g/mol. The molecular weight excluding hydrogens is 393 g/mol. The maximum atomic E-state index is 10.2. The zero-order chi connectivity index (χ0) is 18.0. The molecule has 0 spiro atoms. The number of rotatable bonds is 8. The van der Waals surface area contributed by atoms with Gasteiger partial charge >= 0.3 is 11.9 Å². The molecule has 0 saturated carbocycles. The van der Waals surface area contributed by atoms with E-state index in [1.165, 1.54) is 13.8 Å². The number of carboxylic acids is 4. The van der Waals surface area contributed by atoms with Gasteiger partial charge in [0.15, 0.2) is 0 Å². The second-order valence-electron chi connectivity index (χ2n) is 3.96. The minimum atomic E-state index is -1.86. The third-order valence-corrected chi connectivity index (χ3v) is 2.47. The van der Waals surface area contributed by atoms with Gasteiger partial charge in [0.2, 0.25) is 0 Å². The van der Waals surface area contributed by atoms with Gasteiger partial charge in [0.25, 0.3) is 11.9 Å². The molecule has 0 aromatic rings. The maximum Gasteiger partial charge on any atom is 0.330 e. The van der Waals surface area contributed by atoms with Crippen molar-refractivity contribution in [3.05, 3.63) is 12.8 Å². The van der Waals surface area contributed by atoms with Crippen LogP contribution in [0.3, 0.4) is 0 Å². The van der Waals surface area contributed by atoms with Gasteiger partial charge in [-0.15, -0.1) is 0 Å². The van der Waals surface area contributed by atoms with Gasteiger partial charge in [-0.3, -0.25) is 9.59 Å². The summed E-state index contributed by atoms with van der Waals surface area (Å²) in [5.74, 6) is -8.43. The van der Waals surface area contributed by atoms with Crippen LogP contribution in [0.5, 0.6) is 0 Å². The summed E-state index contributed by atoms with van der Waals surface area (Å²) in [6.45, 7) is 2.76. The Bertz CT molecular complexity index is 373. The van der Waals surface area contributed by atoms with Crippen LogP contribution in [0.15, 0.2) is 0 Å². The van der Waals surface area contributed by atoms with Crippen molar-refractivity contribution < 1.29 is 82.5 Å².